The second-order valence-corrected chi connectivity index (χ2v) is 6.66. The molecular formula is C16H11Cl4N3O4. The molecule has 0 bridgehead atoms. The Labute approximate surface area is 173 Å². The number of carbonyl (C=O) groups is 3. The third-order valence-electron chi connectivity index (χ3n) is 3.00. The molecule has 1 aromatic heterocycles. The number of aromatic nitrogens is 1. The van der Waals surface area contributed by atoms with Gasteiger partial charge >= 0.3 is 5.97 Å². The van der Waals surface area contributed by atoms with Crippen molar-refractivity contribution in [1.29, 1.82) is 0 Å². The van der Waals surface area contributed by atoms with Crippen molar-refractivity contribution in [1.82, 2.24) is 10.3 Å². The quantitative estimate of drug-likeness (QED) is 0.655. The van der Waals surface area contributed by atoms with Gasteiger partial charge < -0.3 is 15.4 Å². The van der Waals surface area contributed by atoms with Crippen molar-refractivity contribution in [2.45, 2.75) is 0 Å². The van der Waals surface area contributed by atoms with E-state index in [4.69, 9.17) is 51.1 Å². The van der Waals surface area contributed by atoms with E-state index in [2.05, 4.69) is 15.6 Å². The molecule has 2 amide bonds. The number of carbonyl (C=O) groups excluding carboxylic acids is 3. The molecule has 2 N–H and O–H groups in total. The summed E-state index contributed by atoms with van der Waals surface area (Å²) < 4.78 is 4.76. The molecule has 142 valence electrons. The van der Waals surface area contributed by atoms with Crippen molar-refractivity contribution < 1.29 is 19.1 Å². The summed E-state index contributed by atoms with van der Waals surface area (Å²) in [7, 11) is 0. The van der Waals surface area contributed by atoms with E-state index in [1.807, 2.05) is 0 Å². The summed E-state index contributed by atoms with van der Waals surface area (Å²) in [5.74, 6) is -1.94. The van der Waals surface area contributed by atoms with Gasteiger partial charge in [-0.25, -0.2) is 4.98 Å². The Morgan fingerprint density at radius 3 is 2.41 bits per heavy atom. The summed E-state index contributed by atoms with van der Waals surface area (Å²) in [5, 5.41) is 5.65. The van der Waals surface area contributed by atoms with Crippen LogP contribution < -0.4 is 10.6 Å². The van der Waals surface area contributed by atoms with Crippen LogP contribution in [0, 0.1) is 0 Å². The van der Waals surface area contributed by atoms with Gasteiger partial charge in [0.25, 0.3) is 11.8 Å². The van der Waals surface area contributed by atoms with Crippen LogP contribution in [-0.4, -0.2) is 35.9 Å². The molecule has 0 radical (unpaired) electrons. The van der Waals surface area contributed by atoms with Gasteiger partial charge in [-0.3, -0.25) is 14.4 Å². The maximum absolute atomic E-state index is 11.9. The fraction of sp³-hybridized carbons (Fsp3) is 0.125. The number of anilines is 1. The number of nitrogens with one attached hydrogen (secondary N) is 2. The summed E-state index contributed by atoms with van der Waals surface area (Å²) in [6.07, 6.45) is 1.30. The molecule has 7 nitrogen and oxygen atoms in total. The molecule has 0 unspecified atom stereocenters. The Morgan fingerprint density at radius 1 is 1.00 bits per heavy atom. The Morgan fingerprint density at radius 2 is 1.74 bits per heavy atom. The highest BCUT2D eigenvalue weighted by Gasteiger charge is 2.13. The van der Waals surface area contributed by atoms with E-state index in [9.17, 15) is 14.4 Å². The Bertz CT molecular complexity index is 892. The number of amides is 2. The first kappa shape index (κ1) is 21.2. The number of hydrogen-bond donors (Lipinski definition) is 2. The van der Waals surface area contributed by atoms with Crippen LogP contribution in [0.3, 0.4) is 0 Å². The summed E-state index contributed by atoms with van der Waals surface area (Å²) in [6.45, 7) is -1.02. The standard InChI is InChI=1S/C16H11Cl4N3O4/c17-9-4-12(20)15(21-5-9)23-13(24)7-27-14(25)6-22-16(26)8-1-2-10(18)11(19)3-8/h1-5H,6-7H2,(H,22,26)(H,21,23,24). The van der Waals surface area contributed by atoms with Gasteiger partial charge in [0.05, 0.1) is 20.1 Å². The van der Waals surface area contributed by atoms with E-state index >= 15 is 0 Å². The molecule has 0 aliphatic rings. The highest BCUT2D eigenvalue weighted by molar-refractivity contribution is 6.42. The van der Waals surface area contributed by atoms with Gasteiger partial charge in [-0.15, -0.1) is 0 Å². The Kier molecular flexibility index (Phi) is 7.67. The SMILES string of the molecule is O=C(COC(=O)CNC(=O)c1ccc(Cl)c(Cl)c1)Nc1ncc(Cl)cc1Cl. The molecule has 27 heavy (non-hydrogen) atoms. The molecule has 2 aromatic rings. The number of hydrogen-bond acceptors (Lipinski definition) is 5. The number of nitrogens with zero attached hydrogens (tertiary/aromatic N) is 1. The lowest BCUT2D eigenvalue weighted by atomic mass is 10.2. The van der Waals surface area contributed by atoms with Crippen LogP contribution in [0.25, 0.3) is 0 Å². The smallest absolute Gasteiger partial charge is 0.325 e. The van der Waals surface area contributed by atoms with Gasteiger partial charge in [-0.05, 0) is 24.3 Å². The molecule has 1 aromatic carbocycles. The van der Waals surface area contributed by atoms with E-state index in [1.165, 1.54) is 30.5 Å². The average Bonchev–Trinajstić information content (AvgIpc) is 2.62. The van der Waals surface area contributed by atoms with Crippen LogP contribution in [0.5, 0.6) is 0 Å². The minimum atomic E-state index is -0.811. The molecule has 0 aliphatic heterocycles. The fourth-order valence-corrected chi connectivity index (χ4v) is 2.49. The molecular weight excluding hydrogens is 440 g/mol. The lowest BCUT2D eigenvalue weighted by molar-refractivity contribution is -0.146. The highest BCUT2D eigenvalue weighted by Crippen LogP contribution is 2.23. The van der Waals surface area contributed by atoms with Crippen molar-refractivity contribution in [3.63, 3.8) is 0 Å². The predicted molar refractivity (Wildman–Crippen MR) is 103 cm³/mol. The third kappa shape index (κ3) is 6.55. The van der Waals surface area contributed by atoms with Crippen LogP contribution in [0.2, 0.25) is 20.1 Å². The topological polar surface area (TPSA) is 97.4 Å². The Hall–Kier alpha value is -2.06. The first-order valence-electron chi connectivity index (χ1n) is 7.26. The number of ether oxygens (including phenoxy) is 1. The summed E-state index contributed by atoms with van der Waals surface area (Å²) in [6, 6.07) is 5.67. The zero-order valence-electron chi connectivity index (χ0n) is 13.4. The normalized spacial score (nSPS) is 10.2. The van der Waals surface area contributed by atoms with Gasteiger partial charge in [0.15, 0.2) is 12.4 Å². The van der Waals surface area contributed by atoms with Crippen molar-refractivity contribution >= 4 is 70.0 Å². The number of esters is 1. The summed E-state index contributed by atoms with van der Waals surface area (Å²) in [5.41, 5.74) is 0.221. The van der Waals surface area contributed by atoms with E-state index in [0.717, 1.165) is 0 Å². The minimum absolute atomic E-state index is 0.0787. The van der Waals surface area contributed by atoms with Crippen LogP contribution in [0.1, 0.15) is 10.4 Å². The Balaban J connectivity index is 1.77. The largest absolute Gasteiger partial charge is 0.454 e. The van der Waals surface area contributed by atoms with Crippen LogP contribution in [0.4, 0.5) is 5.82 Å². The molecule has 11 heteroatoms. The molecule has 0 atom stereocenters. The number of pyridine rings is 1. The van der Waals surface area contributed by atoms with Crippen LogP contribution in [-0.2, 0) is 14.3 Å². The first-order valence-corrected chi connectivity index (χ1v) is 8.77. The van der Waals surface area contributed by atoms with Gasteiger partial charge in [0, 0.05) is 11.8 Å². The third-order valence-corrected chi connectivity index (χ3v) is 4.24. The maximum Gasteiger partial charge on any atom is 0.325 e. The summed E-state index contributed by atoms with van der Waals surface area (Å²) >= 11 is 23.2. The van der Waals surface area contributed by atoms with Crippen LogP contribution in [0.15, 0.2) is 30.5 Å². The van der Waals surface area contributed by atoms with Gasteiger partial charge in [0.2, 0.25) is 0 Å². The molecule has 1 heterocycles. The summed E-state index contributed by atoms with van der Waals surface area (Å²) in [4.78, 5) is 39.2. The molecule has 0 fully saturated rings. The fourth-order valence-electron chi connectivity index (χ4n) is 1.76. The van der Waals surface area contributed by atoms with Gasteiger partial charge in [-0.1, -0.05) is 46.4 Å². The van der Waals surface area contributed by atoms with Gasteiger partial charge in [0.1, 0.15) is 6.54 Å². The molecule has 0 aliphatic carbocycles. The lowest BCUT2D eigenvalue weighted by Gasteiger charge is -2.08. The predicted octanol–water partition coefficient (Wildman–Crippen LogP) is 3.61. The second-order valence-electron chi connectivity index (χ2n) is 5.00. The van der Waals surface area contributed by atoms with Crippen molar-refractivity contribution in [2.24, 2.45) is 0 Å². The number of rotatable bonds is 6. The van der Waals surface area contributed by atoms with Crippen molar-refractivity contribution in [3.05, 3.63) is 56.1 Å². The zero-order valence-corrected chi connectivity index (χ0v) is 16.4. The lowest BCUT2D eigenvalue weighted by Crippen LogP contribution is -2.32. The van der Waals surface area contributed by atoms with Crippen molar-refractivity contribution in [2.75, 3.05) is 18.5 Å². The highest BCUT2D eigenvalue weighted by atomic mass is 35.5. The number of halogens is 4. The average molecular weight is 451 g/mol. The number of benzene rings is 1. The van der Waals surface area contributed by atoms with E-state index in [-0.39, 0.29) is 21.4 Å². The maximum atomic E-state index is 11.9. The second kappa shape index (κ2) is 9.75. The molecule has 2 rings (SSSR count). The molecule has 0 saturated carbocycles. The van der Waals surface area contributed by atoms with E-state index in [1.54, 1.807) is 0 Å². The monoisotopic (exact) mass is 449 g/mol. The first-order chi connectivity index (χ1) is 12.8. The van der Waals surface area contributed by atoms with E-state index in [0.29, 0.717) is 10.0 Å². The zero-order chi connectivity index (χ0) is 20.0. The van der Waals surface area contributed by atoms with Crippen molar-refractivity contribution in [3.8, 4) is 0 Å². The minimum Gasteiger partial charge on any atom is -0.454 e. The van der Waals surface area contributed by atoms with Gasteiger partial charge in [-0.2, -0.15) is 0 Å². The van der Waals surface area contributed by atoms with Crippen LogP contribution >= 0.6 is 46.4 Å². The molecule has 0 spiro atoms. The molecule has 0 saturated heterocycles. The van der Waals surface area contributed by atoms with E-state index < -0.39 is 30.9 Å².